The Kier molecular flexibility index (Phi) is 3.25. The fourth-order valence-electron chi connectivity index (χ4n) is 2.39. The summed E-state index contributed by atoms with van der Waals surface area (Å²) >= 11 is 0. The van der Waals surface area contributed by atoms with Crippen LogP contribution in [0.1, 0.15) is 5.56 Å². The Bertz CT molecular complexity index is 809. The molecule has 0 radical (unpaired) electrons. The number of ether oxygens (including phenoxy) is 2. The van der Waals surface area contributed by atoms with Gasteiger partial charge in [0, 0.05) is 24.7 Å². The van der Waals surface area contributed by atoms with Crippen LogP contribution in [0.3, 0.4) is 0 Å². The molecule has 21 heavy (non-hydrogen) atoms. The van der Waals surface area contributed by atoms with Gasteiger partial charge in [0.15, 0.2) is 0 Å². The highest BCUT2D eigenvalue weighted by molar-refractivity contribution is 5.90. The molecule has 2 heterocycles. The van der Waals surface area contributed by atoms with E-state index in [9.17, 15) is 0 Å². The minimum Gasteiger partial charge on any atom is -0.497 e. The van der Waals surface area contributed by atoms with Gasteiger partial charge in [0.2, 0.25) is 0 Å². The van der Waals surface area contributed by atoms with E-state index in [1.807, 2.05) is 37.5 Å². The van der Waals surface area contributed by atoms with E-state index in [0.717, 1.165) is 33.6 Å². The first kappa shape index (κ1) is 13.4. The summed E-state index contributed by atoms with van der Waals surface area (Å²) in [6.45, 7) is 2.05. The van der Waals surface area contributed by atoms with Crippen LogP contribution >= 0.6 is 0 Å². The summed E-state index contributed by atoms with van der Waals surface area (Å²) in [4.78, 5) is 4.71. The lowest BCUT2D eigenvalue weighted by Crippen LogP contribution is -1.95. The second kappa shape index (κ2) is 5.09. The van der Waals surface area contributed by atoms with Gasteiger partial charge >= 0.3 is 0 Å². The zero-order chi connectivity index (χ0) is 15.0. The molecule has 0 saturated heterocycles. The van der Waals surface area contributed by atoms with Gasteiger partial charge in [0.1, 0.15) is 22.7 Å². The van der Waals surface area contributed by atoms with Crippen molar-refractivity contribution in [1.29, 1.82) is 0 Å². The van der Waals surface area contributed by atoms with Gasteiger partial charge in [-0.15, -0.1) is 0 Å². The maximum atomic E-state index is 5.45. The monoisotopic (exact) mass is 283 g/mol. The van der Waals surface area contributed by atoms with Gasteiger partial charge in [-0.05, 0) is 30.7 Å². The van der Waals surface area contributed by atoms with E-state index in [1.165, 1.54) is 0 Å². The fourth-order valence-corrected chi connectivity index (χ4v) is 2.39. The zero-order valence-corrected chi connectivity index (χ0v) is 12.5. The third-order valence-corrected chi connectivity index (χ3v) is 3.49. The number of methoxy groups -OCH3 is 2. The summed E-state index contributed by atoms with van der Waals surface area (Å²) in [5.41, 5.74) is 3.61. The number of hydrogen-bond donors (Lipinski definition) is 0. The van der Waals surface area contributed by atoms with Gasteiger partial charge in [0.25, 0.3) is 0 Å². The predicted molar refractivity (Wildman–Crippen MR) is 81.8 cm³/mol. The average molecular weight is 283 g/mol. The van der Waals surface area contributed by atoms with Gasteiger partial charge in [-0.25, -0.2) is 4.98 Å². The summed E-state index contributed by atoms with van der Waals surface area (Å²) in [7, 11) is 5.17. The first-order valence-electron chi connectivity index (χ1n) is 6.66. The second-order valence-electron chi connectivity index (χ2n) is 4.92. The minimum atomic E-state index is 0.699. The molecule has 3 aromatic rings. The second-order valence-corrected chi connectivity index (χ2v) is 4.92. The lowest BCUT2D eigenvalue weighted by Gasteiger charge is -2.11. The molecule has 0 atom stereocenters. The fraction of sp³-hybridized carbons (Fsp3) is 0.250. The molecule has 1 aromatic carbocycles. The van der Waals surface area contributed by atoms with Crippen molar-refractivity contribution in [2.75, 3.05) is 14.2 Å². The average Bonchev–Trinajstić information content (AvgIpc) is 2.92. The Hall–Kier alpha value is -2.56. The molecule has 0 amide bonds. The number of benzene rings is 1. The molecule has 5 heteroatoms. The number of nitrogens with zero attached hydrogens (tertiary/aromatic N) is 3. The van der Waals surface area contributed by atoms with E-state index in [4.69, 9.17) is 14.5 Å². The quantitative estimate of drug-likeness (QED) is 0.741. The highest BCUT2D eigenvalue weighted by atomic mass is 16.5. The Morgan fingerprint density at radius 2 is 1.86 bits per heavy atom. The smallest absolute Gasteiger partial charge is 0.148 e. The van der Waals surface area contributed by atoms with Crippen LogP contribution in [0, 0.1) is 6.92 Å². The largest absolute Gasteiger partial charge is 0.497 e. The highest BCUT2D eigenvalue weighted by Gasteiger charge is 2.12. The van der Waals surface area contributed by atoms with Crippen molar-refractivity contribution >= 4 is 10.9 Å². The minimum absolute atomic E-state index is 0.699. The summed E-state index contributed by atoms with van der Waals surface area (Å²) in [6, 6.07) is 7.80. The van der Waals surface area contributed by atoms with Crippen LogP contribution in [0.4, 0.5) is 0 Å². The highest BCUT2D eigenvalue weighted by Crippen LogP contribution is 2.33. The number of fused-ring (bicyclic) bond motifs is 1. The molecular formula is C16H17N3O2. The third-order valence-electron chi connectivity index (χ3n) is 3.49. The topological polar surface area (TPSA) is 49.2 Å². The molecule has 0 aliphatic carbocycles. The summed E-state index contributed by atoms with van der Waals surface area (Å²) in [5, 5.41) is 5.43. The number of rotatable bonds is 3. The van der Waals surface area contributed by atoms with Crippen molar-refractivity contribution in [3.63, 3.8) is 0 Å². The van der Waals surface area contributed by atoms with Crippen molar-refractivity contribution in [3.8, 4) is 22.9 Å². The lowest BCUT2D eigenvalue weighted by atomic mass is 10.1. The first-order chi connectivity index (χ1) is 10.1. The van der Waals surface area contributed by atoms with E-state index >= 15 is 0 Å². The van der Waals surface area contributed by atoms with E-state index in [1.54, 1.807) is 18.9 Å². The molecule has 0 unspecified atom stereocenters. The summed E-state index contributed by atoms with van der Waals surface area (Å²) in [6.07, 6.45) is 1.90. The van der Waals surface area contributed by atoms with Gasteiger partial charge in [-0.1, -0.05) is 0 Å². The third kappa shape index (κ3) is 2.31. The normalized spacial score (nSPS) is 10.9. The van der Waals surface area contributed by atoms with Gasteiger partial charge in [-0.3, -0.25) is 4.68 Å². The van der Waals surface area contributed by atoms with Crippen LogP contribution in [0.2, 0.25) is 0 Å². The molecule has 0 fully saturated rings. The molecule has 0 bridgehead atoms. The molecule has 2 aromatic heterocycles. The molecular weight excluding hydrogens is 266 g/mol. The van der Waals surface area contributed by atoms with Crippen molar-refractivity contribution in [2.45, 2.75) is 6.92 Å². The Morgan fingerprint density at radius 1 is 1.05 bits per heavy atom. The van der Waals surface area contributed by atoms with Gasteiger partial charge in [0.05, 0.1) is 19.9 Å². The number of aromatic nitrogens is 3. The molecule has 0 aliphatic heterocycles. The number of hydrogen-bond acceptors (Lipinski definition) is 4. The van der Waals surface area contributed by atoms with Crippen LogP contribution in [0.25, 0.3) is 22.3 Å². The molecule has 3 rings (SSSR count). The van der Waals surface area contributed by atoms with Crippen LogP contribution in [0.5, 0.6) is 11.5 Å². The standard InChI is InChI=1S/C16H17N3O2/c1-10-7-14(13-5-6-19(2)18-13)17-16-12(10)8-11(20-3)9-15(16)21-4/h5-9H,1-4H3. The van der Waals surface area contributed by atoms with E-state index in [0.29, 0.717) is 5.75 Å². The molecule has 0 saturated carbocycles. The van der Waals surface area contributed by atoms with E-state index < -0.39 is 0 Å². The Labute approximate surface area is 123 Å². The molecule has 108 valence electrons. The first-order valence-corrected chi connectivity index (χ1v) is 6.66. The zero-order valence-electron chi connectivity index (χ0n) is 12.5. The Balaban J connectivity index is 2.27. The molecule has 5 nitrogen and oxygen atoms in total. The van der Waals surface area contributed by atoms with Crippen molar-refractivity contribution in [1.82, 2.24) is 14.8 Å². The van der Waals surface area contributed by atoms with Crippen molar-refractivity contribution in [3.05, 3.63) is 36.0 Å². The van der Waals surface area contributed by atoms with Crippen LogP contribution in [0.15, 0.2) is 30.5 Å². The Morgan fingerprint density at radius 3 is 2.48 bits per heavy atom. The predicted octanol–water partition coefficient (Wildman–Crippen LogP) is 2.96. The summed E-state index contributed by atoms with van der Waals surface area (Å²) < 4.78 is 12.5. The molecule has 0 N–H and O–H groups in total. The van der Waals surface area contributed by atoms with Crippen molar-refractivity contribution in [2.24, 2.45) is 7.05 Å². The number of aryl methyl sites for hydroxylation is 2. The summed E-state index contributed by atoms with van der Waals surface area (Å²) in [5.74, 6) is 1.46. The van der Waals surface area contributed by atoms with E-state index in [-0.39, 0.29) is 0 Å². The molecule has 0 spiro atoms. The SMILES string of the molecule is COc1cc(OC)c2nc(-c3ccn(C)n3)cc(C)c2c1. The molecule has 0 aliphatic rings. The van der Waals surface area contributed by atoms with Gasteiger partial charge < -0.3 is 9.47 Å². The van der Waals surface area contributed by atoms with Crippen molar-refractivity contribution < 1.29 is 9.47 Å². The maximum absolute atomic E-state index is 5.45. The van der Waals surface area contributed by atoms with Crippen LogP contribution in [-0.4, -0.2) is 29.0 Å². The van der Waals surface area contributed by atoms with Crippen LogP contribution in [-0.2, 0) is 7.05 Å². The van der Waals surface area contributed by atoms with Crippen LogP contribution < -0.4 is 9.47 Å². The number of pyridine rings is 1. The maximum Gasteiger partial charge on any atom is 0.148 e. The lowest BCUT2D eigenvalue weighted by molar-refractivity contribution is 0.397. The van der Waals surface area contributed by atoms with E-state index in [2.05, 4.69) is 12.0 Å². The van der Waals surface area contributed by atoms with Gasteiger partial charge in [-0.2, -0.15) is 5.10 Å².